The highest BCUT2D eigenvalue weighted by Crippen LogP contribution is 2.25. The Balaban J connectivity index is 0.00000225. The number of piperidine rings is 1. The molecule has 3 rings (SSSR count). The van der Waals surface area contributed by atoms with E-state index >= 15 is 0 Å². The van der Waals surface area contributed by atoms with Gasteiger partial charge < -0.3 is 10.6 Å². The Hall–Kier alpha value is -1.85. The minimum atomic E-state index is 0. The molecule has 0 atom stereocenters. The largest absolute Gasteiger partial charge is 0.317 e. The van der Waals surface area contributed by atoms with Gasteiger partial charge in [-0.15, -0.1) is 12.4 Å². The zero-order valence-corrected chi connectivity index (χ0v) is 15.7. The van der Waals surface area contributed by atoms with Crippen molar-refractivity contribution in [2.45, 2.75) is 32.6 Å². The highest BCUT2D eigenvalue weighted by molar-refractivity contribution is 5.90. The smallest absolute Gasteiger partial charge is 0.225 e. The molecule has 1 saturated heterocycles. The number of amides is 1. The van der Waals surface area contributed by atoms with E-state index in [0.717, 1.165) is 36.6 Å². The van der Waals surface area contributed by atoms with Gasteiger partial charge in [-0.3, -0.25) is 9.48 Å². The summed E-state index contributed by atoms with van der Waals surface area (Å²) in [5.74, 6) is 1.50. The Morgan fingerprint density at radius 1 is 1.32 bits per heavy atom. The zero-order chi connectivity index (χ0) is 16.9. The van der Waals surface area contributed by atoms with Crippen molar-refractivity contribution in [3.63, 3.8) is 0 Å². The minimum Gasteiger partial charge on any atom is -0.317 e. The number of aromatic nitrogens is 2. The molecule has 0 unspecified atom stereocenters. The number of nitrogens with zero attached hydrogens (tertiary/aromatic N) is 2. The lowest BCUT2D eigenvalue weighted by molar-refractivity contribution is -0.116. The molecule has 1 fully saturated rings. The molecule has 1 aliphatic heterocycles. The monoisotopic (exact) mass is 362 g/mol. The third-order valence-corrected chi connectivity index (χ3v) is 4.81. The van der Waals surface area contributed by atoms with Gasteiger partial charge in [0.2, 0.25) is 5.91 Å². The van der Waals surface area contributed by atoms with Gasteiger partial charge >= 0.3 is 0 Å². The van der Waals surface area contributed by atoms with Gasteiger partial charge in [0, 0.05) is 25.1 Å². The van der Waals surface area contributed by atoms with Crippen LogP contribution in [0.1, 0.15) is 31.2 Å². The third kappa shape index (κ3) is 5.06. The number of carbonyl (C=O) groups excluding carboxylic acids is 1. The normalized spacial score (nSPS) is 14.8. The van der Waals surface area contributed by atoms with Gasteiger partial charge in [-0.2, -0.15) is 5.10 Å². The average molecular weight is 363 g/mol. The lowest BCUT2D eigenvalue weighted by Gasteiger charge is -2.22. The Morgan fingerprint density at radius 2 is 2.04 bits per heavy atom. The molecule has 0 spiro atoms. The maximum atomic E-state index is 12.3. The first-order valence-electron chi connectivity index (χ1n) is 8.74. The van der Waals surface area contributed by atoms with Gasteiger partial charge in [0.05, 0.1) is 5.69 Å². The highest BCUT2D eigenvalue weighted by Gasteiger charge is 2.16. The Morgan fingerprint density at radius 3 is 2.76 bits per heavy atom. The summed E-state index contributed by atoms with van der Waals surface area (Å²) in [5, 5.41) is 10.9. The van der Waals surface area contributed by atoms with E-state index in [1.54, 1.807) is 4.68 Å². The predicted molar refractivity (Wildman–Crippen MR) is 104 cm³/mol. The maximum absolute atomic E-state index is 12.3. The van der Waals surface area contributed by atoms with E-state index in [1.807, 2.05) is 25.2 Å². The summed E-state index contributed by atoms with van der Waals surface area (Å²) in [6, 6.07) is 10.1. The number of hydrogen-bond donors (Lipinski definition) is 2. The molecular weight excluding hydrogens is 336 g/mol. The first-order chi connectivity index (χ1) is 11.6. The summed E-state index contributed by atoms with van der Waals surface area (Å²) in [6.45, 7) is 4.23. The molecule has 2 heterocycles. The van der Waals surface area contributed by atoms with Crippen LogP contribution in [0.2, 0.25) is 0 Å². The second kappa shape index (κ2) is 9.02. The fourth-order valence-electron chi connectivity index (χ4n) is 3.29. The quantitative estimate of drug-likeness (QED) is 0.855. The first-order valence-corrected chi connectivity index (χ1v) is 8.74. The van der Waals surface area contributed by atoms with Crippen molar-refractivity contribution in [3.05, 3.63) is 35.9 Å². The van der Waals surface area contributed by atoms with Crippen molar-refractivity contribution in [1.82, 2.24) is 15.1 Å². The van der Waals surface area contributed by atoms with Crippen molar-refractivity contribution < 1.29 is 4.79 Å². The van der Waals surface area contributed by atoms with Gasteiger partial charge in [0.15, 0.2) is 0 Å². The summed E-state index contributed by atoms with van der Waals surface area (Å²) in [7, 11) is 1.87. The summed E-state index contributed by atoms with van der Waals surface area (Å²) in [4.78, 5) is 12.3. The minimum absolute atomic E-state index is 0. The molecule has 5 nitrogen and oxygen atoms in total. The van der Waals surface area contributed by atoms with Crippen LogP contribution in [0.15, 0.2) is 30.3 Å². The van der Waals surface area contributed by atoms with Crippen molar-refractivity contribution in [2.24, 2.45) is 13.0 Å². The second-order valence-corrected chi connectivity index (χ2v) is 6.63. The molecule has 0 saturated carbocycles. The summed E-state index contributed by atoms with van der Waals surface area (Å²) >= 11 is 0. The van der Waals surface area contributed by atoms with Crippen molar-refractivity contribution in [1.29, 1.82) is 0 Å². The van der Waals surface area contributed by atoms with E-state index in [9.17, 15) is 4.79 Å². The molecule has 6 heteroatoms. The first kappa shape index (κ1) is 19.5. The van der Waals surface area contributed by atoms with Crippen LogP contribution in [0.3, 0.4) is 0 Å². The second-order valence-electron chi connectivity index (χ2n) is 6.63. The summed E-state index contributed by atoms with van der Waals surface area (Å²) in [5.41, 5.74) is 3.17. The average Bonchev–Trinajstić information content (AvgIpc) is 2.95. The molecule has 1 amide bonds. The lowest BCUT2D eigenvalue weighted by Crippen LogP contribution is -2.28. The molecule has 0 bridgehead atoms. The fourth-order valence-corrected chi connectivity index (χ4v) is 3.29. The molecule has 25 heavy (non-hydrogen) atoms. The van der Waals surface area contributed by atoms with Crippen molar-refractivity contribution in [3.8, 4) is 11.3 Å². The maximum Gasteiger partial charge on any atom is 0.225 e. The number of benzene rings is 1. The Labute approximate surface area is 155 Å². The van der Waals surface area contributed by atoms with Crippen LogP contribution in [-0.2, 0) is 11.8 Å². The van der Waals surface area contributed by atoms with E-state index < -0.39 is 0 Å². The Kier molecular flexibility index (Phi) is 7.02. The topological polar surface area (TPSA) is 59.0 Å². The van der Waals surface area contributed by atoms with Crippen LogP contribution in [0.25, 0.3) is 11.3 Å². The molecule has 136 valence electrons. The van der Waals surface area contributed by atoms with Gasteiger partial charge in [0.25, 0.3) is 0 Å². The van der Waals surface area contributed by atoms with Crippen LogP contribution >= 0.6 is 12.4 Å². The molecule has 2 aromatic rings. The molecule has 1 aromatic heterocycles. The molecule has 0 radical (unpaired) electrons. The number of carbonyl (C=O) groups is 1. The number of halogens is 1. The molecule has 2 N–H and O–H groups in total. The van der Waals surface area contributed by atoms with Gasteiger partial charge in [-0.05, 0) is 50.8 Å². The third-order valence-electron chi connectivity index (χ3n) is 4.81. The number of rotatable bonds is 5. The number of anilines is 1. The van der Waals surface area contributed by atoms with Crippen molar-refractivity contribution >= 4 is 24.1 Å². The van der Waals surface area contributed by atoms with Crippen molar-refractivity contribution in [2.75, 3.05) is 18.4 Å². The predicted octanol–water partition coefficient (Wildman–Crippen LogP) is 3.54. The van der Waals surface area contributed by atoms with E-state index in [2.05, 4.69) is 34.8 Å². The van der Waals surface area contributed by atoms with E-state index in [4.69, 9.17) is 0 Å². The van der Waals surface area contributed by atoms with Crippen LogP contribution < -0.4 is 10.6 Å². The highest BCUT2D eigenvalue weighted by atomic mass is 35.5. The van der Waals surface area contributed by atoms with Gasteiger partial charge in [0.1, 0.15) is 5.82 Å². The summed E-state index contributed by atoms with van der Waals surface area (Å²) < 4.78 is 1.74. The molecule has 1 aromatic carbocycles. The zero-order valence-electron chi connectivity index (χ0n) is 14.9. The van der Waals surface area contributed by atoms with Crippen LogP contribution in [0.5, 0.6) is 0 Å². The number of nitrogens with one attached hydrogen (secondary N) is 2. The number of aryl methyl sites for hydroxylation is 2. The van der Waals surface area contributed by atoms with E-state index in [-0.39, 0.29) is 18.3 Å². The van der Waals surface area contributed by atoms with Crippen LogP contribution in [0, 0.1) is 12.8 Å². The molecular formula is C19H27ClN4O. The van der Waals surface area contributed by atoms with Gasteiger partial charge in [-0.1, -0.05) is 24.3 Å². The molecule has 1 aliphatic rings. The Bertz CT molecular complexity index is 707. The fraction of sp³-hybridized carbons (Fsp3) is 0.474. The summed E-state index contributed by atoms with van der Waals surface area (Å²) in [6.07, 6.45) is 3.90. The standard InChI is InChI=1S/C19H26N4O.ClH/c1-14-5-3-4-6-16(14)17-13-18(23(2)22-17)21-19(24)8-7-15-9-11-20-12-10-15;/h3-6,13,15,20H,7-12H2,1-2H3,(H,21,24);1H. The lowest BCUT2D eigenvalue weighted by atomic mass is 9.93. The van der Waals surface area contributed by atoms with Gasteiger partial charge in [-0.25, -0.2) is 0 Å². The van der Waals surface area contributed by atoms with E-state index in [1.165, 1.54) is 18.4 Å². The van der Waals surface area contributed by atoms with E-state index in [0.29, 0.717) is 12.3 Å². The number of hydrogen-bond acceptors (Lipinski definition) is 3. The molecule has 0 aliphatic carbocycles. The SMILES string of the molecule is Cc1ccccc1-c1cc(NC(=O)CCC2CCNCC2)n(C)n1.Cl. The van der Waals surface area contributed by atoms with Crippen LogP contribution in [0.4, 0.5) is 5.82 Å². The van der Waals surface area contributed by atoms with Crippen LogP contribution in [-0.4, -0.2) is 28.8 Å².